The maximum Gasteiger partial charge on any atom is 0.223 e. The number of pyridine rings is 1. The molecule has 150 valence electrons. The standard InChI is InChI=1S/C22H29N3O3/c1-3-28-20-9-6-7-18(21(20)27-2)16-25-13-10-17(11-14-25)22(26)24-15-19-8-4-5-12-23-19/h4-9,12,17H,3,10-11,13-16H2,1-2H3,(H,24,26). The molecule has 2 aromatic rings. The summed E-state index contributed by atoms with van der Waals surface area (Å²) < 4.78 is 11.3. The number of benzene rings is 1. The van der Waals surface area contributed by atoms with E-state index in [2.05, 4.69) is 21.3 Å². The molecule has 0 atom stereocenters. The highest BCUT2D eigenvalue weighted by Crippen LogP contribution is 2.32. The summed E-state index contributed by atoms with van der Waals surface area (Å²) in [6.07, 6.45) is 3.47. The number of aromatic nitrogens is 1. The van der Waals surface area contributed by atoms with Gasteiger partial charge in [0.2, 0.25) is 5.91 Å². The van der Waals surface area contributed by atoms with E-state index in [4.69, 9.17) is 9.47 Å². The summed E-state index contributed by atoms with van der Waals surface area (Å²) in [5, 5.41) is 3.02. The van der Waals surface area contributed by atoms with Crippen molar-refractivity contribution >= 4 is 5.91 Å². The van der Waals surface area contributed by atoms with Gasteiger partial charge in [-0.2, -0.15) is 0 Å². The van der Waals surface area contributed by atoms with Crippen LogP contribution in [0.5, 0.6) is 11.5 Å². The van der Waals surface area contributed by atoms with Crippen LogP contribution in [-0.2, 0) is 17.9 Å². The lowest BCUT2D eigenvalue weighted by atomic mass is 9.95. The van der Waals surface area contributed by atoms with Crippen molar-refractivity contribution in [1.82, 2.24) is 15.2 Å². The third-order valence-corrected chi connectivity index (χ3v) is 5.09. The minimum absolute atomic E-state index is 0.0663. The second-order valence-electron chi connectivity index (χ2n) is 6.97. The second kappa shape index (κ2) is 10.1. The summed E-state index contributed by atoms with van der Waals surface area (Å²) in [5.74, 6) is 1.78. The molecule has 1 amide bonds. The molecule has 6 heteroatoms. The van der Waals surface area contributed by atoms with E-state index in [1.807, 2.05) is 37.3 Å². The fraction of sp³-hybridized carbons (Fsp3) is 0.455. The van der Waals surface area contributed by atoms with Crippen molar-refractivity contribution in [2.24, 2.45) is 5.92 Å². The first-order chi connectivity index (χ1) is 13.7. The summed E-state index contributed by atoms with van der Waals surface area (Å²) in [6.45, 7) is 5.65. The summed E-state index contributed by atoms with van der Waals surface area (Å²) in [6, 6.07) is 11.7. The molecule has 0 spiro atoms. The fourth-order valence-electron chi connectivity index (χ4n) is 3.61. The van der Waals surface area contributed by atoms with Crippen molar-refractivity contribution in [1.29, 1.82) is 0 Å². The maximum absolute atomic E-state index is 12.5. The van der Waals surface area contributed by atoms with Crippen molar-refractivity contribution in [3.8, 4) is 11.5 Å². The van der Waals surface area contributed by atoms with Gasteiger partial charge in [-0.25, -0.2) is 0 Å². The van der Waals surface area contributed by atoms with Gasteiger partial charge in [0, 0.05) is 24.2 Å². The van der Waals surface area contributed by atoms with Crippen molar-refractivity contribution in [3.63, 3.8) is 0 Å². The van der Waals surface area contributed by atoms with Crippen LogP contribution in [0, 0.1) is 5.92 Å². The maximum atomic E-state index is 12.5. The third kappa shape index (κ3) is 5.23. The highest BCUT2D eigenvalue weighted by Gasteiger charge is 2.25. The van der Waals surface area contributed by atoms with E-state index in [9.17, 15) is 4.79 Å². The van der Waals surface area contributed by atoms with Crippen LogP contribution in [0.1, 0.15) is 31.0 Å². The average molecular weight is 383 g/mol. The summed E-state index contributed by atoms with van der Waals surface area (Å²) in [7, 11) is 1.68. The first-order valence-corrected chi connectivity index (χ1v) is 9.90. The third-order valence-electron chi connectivity index (χ3n) is 5.09. The van der Waals surface area contributed by atoms with E-state index in [-0.39, 0.29) is 11.8 Å². The number of carbonyl (C=O) groups excluding carboxylic acids is 1. The van der Waals surface area contributed by atoms with Gasteiger partial charge in [0.15, 0.2) is 11.5 Å². The minimum Gasteiger partial charge on any atom is -0.493 e. The molecule has 0 bridgehead atoms. The lowest BCUT2D eigenvalue weighted by molar-refractivity contribution is -0.126. The smallest absolute Gasteiger partial charge is 0.223 e. The average Bonchev–Trinajstić information content (AvgIpc) is 2.74. The lowest BCUT2D eigenvalue weighted by Gasteiger charge is -2.31. The van der Waals surface area contributed by atoms with Crippen LogP contribution in [0.15, 0.2) is 42.6 Å². The number of nitrogens with one attached hydrogen (secondary N) is 1. The Morgan fingerprint density at radius 2 is 2.04 bits per heavy atom. The number of piperidine rings is 1. The molecule has 3 rings (SSSR count). The molecule has 6 nitrogen and oxygen atoms in total. The fourth-order valence-corrected chi connectivity index (χ4v) is 3.61. The Hall–Kier alpha value is -2.60. The van der Waals surface area contributed by atoms with E-state index in [0.29, 0.717) is 13.2 Å². The van der Waals surface area contributed by atoms with E-state index >= 15 is 0 Å². The first-order valence-electron chi connectivity index (χ1n) is 9.90. The Morgan fingerprint density at radius 3 is 2.71 bits per heavy atom. The normalized spacial score (nSPS) is 15.2. The zero-order chi connectivity index (χ0) is 19.8. The van der Waals surface area contributed by atoms with Crippen LogP contribution in [0.4, 0.5) is 0 Å². The number of hydrogen-bond acceptors (Lipinski definition) is 5. The van der Waals surface area contributed by atoms with Gasteiger partial charge in [-0.05, 0) is 51.1 Å². The molecule has 0 radical (unpaired) electrons. The van der Waals surface area contributed by atoms with Crippen LogP contribution in [0.25, 0.3) is 0 Å². The summed E-state index contributed by atoms with van der Waals surface area (Å²) in [4.78, 5) is 19.1. The number of para-hydroxylation sites is 1. The number of methoxy groups -OCH3 is 1. The molecule has 28 heavy (non-hydrogen) atoms. The molecule has 2 heterocycles. The number of hydrogen-bond donors (Lipinski definition) is 1. The minimum atomic E-state index is 0.0663. The zero-order valence-electron chi connectivity index (χ0n) is 16.7. The molecule has 0 unspecified atom stereocenters. The predicted octanol–water partition coefficient (Wildman–Crippen LogP) is 3.02. The van der Waals surface area contributed by atoms with Crippen LogP contribution >= 0.6 is 0 Å². The molecule has 1 fully saturated rings. The van der Waals surface area contributed by atoms with Crippen LogP contribution < -0.4 is 14.8 Å². The van der Waals surface area contributed by atoms with Crippen molar-refractivity contribution < 1.29 is 14.3 Å². The Labute approximate surface area is 166 Å². The molecular formula is C22H29N3O3. The van der Waals surface area contributed by atoms with Gasteiger partial charge >= 0.3 is 0 Å². The number of nitrogens with zero attached hydrogens (tertiary/aromatic N) is 2. The lowest BCUT2D eigenvalue weighted by Crippen LogP contribution is -2.40. The Bertz CT molecular complexity index is 759. The molecule has 0 saturated carbocycles. The first kappa shape index (κ1) is 20.1. The summed E-state index contributed by atoms with van der Waals surface area (Å²) in [5.41, 5.74) is 2.00. The zero-order valence-corrected chi connectivity index (χ0v) is 16.7. The molecule has 1 aliphatic rings. The molecule has 0 aliphatic carbocycles. The largest absolute Gasteiger partial charge is 0.493 e. The van der Waals surface area contributed by atoms with Gasteiger partial charge < -0.3 is 14.8 Å². The van der Waals surface area contributed by atoms with Gasteiger partial charge in [-0.3, -0.25) is 14.7 Å². The Morgan fingerprint density at radius 1 is 1.21 bits per heavy atom. The topological polar surface area (TPSA) is 63.7 Å². The Balaban J connectivity index is 1.50. The molecule has 1 aliphatic heterocycles. The van der Waals surface area contributed by atoms with Crippen LogP contribution in [-0.4, -0.2) is 42.6 Å². The Kier molecular flexibility index (Phi) is 7.25. The number of amides is 1. The monoisotopic (exact) mass is 383 g/mol. The van der Waals surface area contributed by atoms with Gasteiger partial charge in [-0.1, -0.05) is 18.2 Å². The number of ether oxygens (including phenoxy) is 2. The van der Waals surface area contributed by atoms with E-state index < -0.39 is 0 Å². The number of carbonyl (C=O) groups is 1. The van der Waals surface area contributed by atoms with Crippen LogP contribution in [0.2, 0.25) is 0 Å². The van der Waals surface area contributed by atoms with Gasteiger partial charge in [0.05, 0.1) is 26.0 Å². The molecule has 1 aromatic heterocycles. The van der Waals surface area contributed by atoms with E-state index in [0.717, 1.165) is 55.2 Å². The van der Waals surface area contributed by atoms with Gasteiger partial charge in [0.1, 0.15) is 0 Å². The van der Waals surface area contributed by atoms with Gasteiger partial charge in [-0.15, -0.1) is 0 Å². The van der Waals surface area contributed by atoms with Gasteiger partial charge in [0.25, 0.3) is 0 Å². The highest BCUT2D eigenvalue weighted by atomic mass is 16.5. The molecule has 1 aromatic carbocycles. The van der Waals surface area contributed by atoms with Crippen molar-refractivity contribution in [2.45, 2.75) is 32.9 Å². The SMILES string of the molecule is CCOc1cccc(CN2CCC(C(=O)NCc3ccccn3)CC2)c1OC. The van der Waals surface area contributed by atoms with E-state index in [1.165, 1.54) is 0 Å². The predicted molar refractivity (Wildman–Crippen MR) is 108 cm³/mol. The molecule has 1 saturated heterocycles. The quantitative estimate of drug-likeness (QED) is 0.759. The second-order valence-corrected chi connectivity index (χ2v) is 6.97. The van der Waals surface area contributed by atoms with E-state index in [1.54, 1.807) is 13.3 Å². The summed E-state index contributed by atoms with van der Waals surface area (Å²) >= 11 is 0. The number of rotatable bonds is 8. The molecule has 1 N–H and O–H groups in total. The van der Waals surface area contributed by atoms with Crippen molar-refractivity contribution in [3.05, 3.63) is 53.9 Å². The molecular weight excluding hydrogens is 354 g/mol. The number of likely N-dealkylation sites (tertiary alicyclic amines) is 1. The van der Waals surface area contributed by atoms with Crippen molar-refractivity contribution in [2.75, 3.05) is 26.8 Å². The van der Waals surface area contributed by atoms with Crippen LogP contribution in [0.3, 0.4) is 0 Å². The highest BCUT2D eigenvalue weighted by molar-refractivity contribution is 5.78.